The van der Waals surface area contributed by atoms with Gasteiger partial charge in [-0.3, -0.25) is 0 Å². The molecule has 0 bridgehead atoms. The van der Waals surface area contributed by atoms with E-state index in [4.69, 9.17) is 0 Å². The molecule has 1 N–H and O–H groups in total. The SMILES string of the molecule is CCCCC(CC)CC1CC(C)(C)CCC1CNC1CC1. The van der Waals surface area contributed by atoms with Gasteiger partial charge in [-0.1, -0.05) is 53.4 Å². The lowest BCUT2D eigenvalue weighted by atomic mass is 9.64. The average Bonchev–Trinajstić information content (AvgIpc) is 3.26. The fourth-order valence-corrected chi connectivity index (χ4v) is 4.35. The van der Waals surface area contributed by atoms with Gasteiger partial charge in [0.15, 0.2) is 0 Å². The summed E-state index contributed by atoms with van der Waals surface area (Å²) in [4.78, 5) is 0. The Kier molecular flexibility index (Phi) is 6.59. The van der Waals surface area contributed by atoms with Gasteiger partial charge in [0.1, 0.15) is 0 Å². The molecule has 0 aromatic rings. The van der Waals surface area contributed by atoms with Crippen molar-refractivity contribution in [3.05, 3.63) is 0 Å². The molecule has 3 unspecified atom stereocenters. The van der Waals surface area contributed by atoms with Crippen LogP contribution >= 0.6 is 0 Å². The van der Waals surface area contributed by atoms with Gasteiger partial charge in [-0.15, -0.1) is 0 Å². The first kappa shape index (κ1) is 17.3. The van der Waals surface area contributed by atoms with Crippen molar-refractivity contribution in [2.45, 2.75) is 97.9 Å². The Bertz CT molecular complexity index is 290. The lowest BCUT2D eigenvalue weighted by molar-refractivity contribution is 0.0941. The van der Waals surface area contributed by atoms with E-state index in [1.54, 1.807) is 0 Å². The van der Waals surface area contributed by atoms with Crippen molar-refractivity contribution in [1.82, 2.24) is 5.32 Å². The van der Waals surface area contributed by atoms with Gasteiger partial charge in [0.2, 0.25) is 0 Å². The lowest BCUT2D eigenvalue weighted by Crippen LogP contribution is -2.37. The lowest BCUT2D eigenvalue weighted by Gasteiger charge is -2.42. The average molecular weight is 294 g/mol. The molecule has 0 saturated heterocycles. The van der Waals surface area contributed by atoms with Crippen molar-refractivity contribution in [3.8, 4) is 0 Å². The van der Waals surface area contributed by atoms with Crippen molar-refractivity contribution in [1.29, 1.82) is 0 Å². The zero-order valence-corrected chi connectivity index (χ0v) is 15.1. The Morgan fingerprint density at radius 2 is 1.86 bits per heavy atom. The summed E-state index contributed by atoms with van der Waals surface area (Å²) in [5, 5.41) is 3.82. The smallest absolute Gasteiger partial charge is 0.00683 e. The Morgan fingerprint density at radius 1 is 1.10 bits per heavy atom. The Balaban J connectivity index is 1.87. The van der Waals surface area contributed by atoms with E-state index < -0.39 is 0 Å². The van der Waals surface area contributed by atoms with E-state index in [0.29, 0.717) is 5.41 Å². The van der Waals surface area contributed by atoms with E-state index in [-0.39, 0.29) is 0 Å². The zero-order chi connectivity index (χ0) is 15.3. The van der Waals surface area contributed by atoms with Crippen LogP contribution in [0.15, 0.2) is 0 Å². The van der Waals surface area contributed by atoms with Crippen LogP contribution in [0.2, 0.25) is 0 Å². The molecular weight excluding hydrogens is 254 g/mol. The number of hydrogen-bond acceptors (Lipinski definition) is 1. The molecule has 2 aliphatic carbocycles. The highest BCUT2D eigenvalue weighted by atomic mass is 14.9. The molecule has 0 heterocycles. The van der Waals surface area contributed by atoms with Crippen LogP contribution < -0.4 is 5.32 Å². The third kappa shape index (κ3) is 5.93. The van der Waals surface area contributed by atoms with Crippen LogP contribution in [0.3, 0.4) is 0 Å². The van der Waals surface area contributed by atoms with Crippen LogP contribution in [0.1, 0.15) is 91.9 Å². The molecule has 0 spiro atoms. The minimum atomic E-state index is 0.587. The van der Waals surface area contributed by atoms with Gasteiger partial charge in [-0.2, -0.15) is 0 Å². The molecule has 21 heavy (non-hydrogen) atoms. The first-order chi connectivity index (χ1) is 10.0. The third-order valence-electron chi connectivity index (χ3n) is 6.10. The maximum absolute atomic E-state index is 3.82. The molecule has 1 nitrogen and oxygen atoms in total. The molecule has 2 saturated carbocycles. The highest BCUT2D eigenvalue weighted by Gasteiger charge is 2.36. The first-order valence-electron chi connectivity index (χ1n) is 9.77. The van der Waals surface area contributed by atoms with E-state index in [1.807, 2.05) is 0 Å². The second kappa shape index (κ2) is 7.99. The van der Waals surface area contributed by atoms with Crippen LogP contribution in [-0.2, 0) is 0 Å². The molecule has 0 aromatic carbocycles. The van der Waals surface area contributed by atoms with Gasteiger partial charge in [-0.25, -0.2) is 0 Å². The molecule has 0 aromatic heterocycles. The zero-order valence-electron chi connectivity index (χ0n) is 15.1. The summed E-state index contributed by atoms with van der Waals surface area (Å²) in [5.41, 5.74) is 0.587. The molecule has 2 fully saturated rings. The minimum Gasteiger partial charge on any atom is -0.314 e. The van der Waals surface area contributed by atoms with Gasteiger partial charge in [0.05, 0.1) is 0 Å². The number of rotatable bonds is 9. The van der Waals surface area contributed by atoms with Crippen LogP contribution in [0, 0.1) is 23.2 Å². The first-order valence-corrected chi connectivity index (χ1v) is 9.77. The van der Waals surface area contributed by atoms with Gasteiger partial charge < -0.3 is 5.32 Å². The van der Waals surface area contributed by atoms with Crippen LogP contribution in [-0.4, -0.2) is 12.6 Å². The Hall–Kier alpha value is -0.0400. The number of nitrogens with one attached hydrogen (secondary N) is 1. The van der Waals surface area contributed by atoms with E-state index in [1.165, 1.54) is 70.8 Å². The second-order valence-electron chi connectivity index (χ2n) is 8.76. The van der Waals surface area contributed by atoms with E-state index in [9.17, 15) is 0 Å². The fraction of sp³-hybridized carbons (Fsp3) is 1.00. The van der Waals surface area contributed by atoms with Gasteiger partial charge >= 0.3 is 0 Å². The number of unbranched alkanes of at least 4 members (excludes halogenated alkanes) is 1. The second-order valence-corrected chi connectivity index (χ2v) is 8.76. The summed E-state index contributed by atoms with van der Waals surface area (Å²) in [6.45, 7) is 11.0. The van der Waals surface area contributed by atoms with Crippen molar-refractivity contribution < 1.29 is 0 Å². The van der Waals surface area contributed by atoms with E-state index >= 15 is 0 Å². The molecule has 3 atom stereocenters. The Labute approximate surface area is 133 Å². The summed E-state index contributed by atoms with van der Waals surface area (Å²) < 4.78 is 0. The summed E-state index contributed by atoms with van der Waals surface area (Å²) >= 11 is 0. The minimum absolute atomic E-state index is 0.587. The largest absolute Gasteiger partial charge is 0.314 e. The molecule has 0 radical (unpaired) electrons. The third-order valence-corrected chi connectivity index (χ3v) is 6.10. The molecule has 2 aliphatic rings. The topological polar surface area (TPSA) is 12.0 Å². The monoisotopic (exact) mass is 293 g/mol. The van der Waals surface area contributed by atoms with Crippen molar-refractivity contribution in [2.24, 2.45) is 23.2 Å². The fourth-order valence-electron chi connectivity index (χ4n) is 4.35. The molecule has 1 heteroatoms. The van der Waals surface area contributed by atoms with Gasteiger partial charge in [0.25, 0.3) is 0 Å². The van der Waals surface area contributed by atoms with E-state index in [0.717, 1.165) is 23.8 Å². The highest BCUT2D eigenvalue weighted by molar-refractivity contribution is 4.89. The summed E-state index contributed by atoms with van der Waals surface area (Å²) in [6, 6.07) is 0.877. The quantitative estimate of drug-likeness (QED) is 0.567. The number of hydrogen-bond donors (Lipinski definition) is 1. The summed E-state index contributed by atoms with van der Waals surface area (Å²) in [5.74, 6) is 2.91. The standard InChI is InChI=1S/C20H39N/c1-5-7-8-16(6-2)13-18-14-20(3,4)12-11-17(18)15-21-19-9-10-19/h16-19,21H,5-15H2,1-4H3. The maximum atomic E-state index is 3.82. The normalized spacial score (nSPS) is 30.3. The summed E-state index contributed by atoms with van der Waals surface area (Å²) in [6.07, 6.45) is 14.4. The van der Waals surface area contributed by atoms with E-state index in [2.05, 4.69) is 33.0 Å². The van der Waals surface area contributed by atoms with Crippen molar-refractivity contribution in [2.75, 3.05) is 6.54 Å². The van der Waals surface area contributed by atoms with Gasteiger partial charge in [-0.05, 0) is 68.2 Å². The maximum Gasteiger partial charge on any atom is 0.00683 e. The van der Waals surface area contributed by atoms with Crippen molar-refractivity contribution in [3.63, 3.8) is 0 Å². The molecular formula is C20H39N. The molecule has 0 aliphatic heterocycles. The molecule has 2 rings (SSSR count). The van der Waals surface area contributed by atoms with Crippen LogP contribution in [0.25, 0.3) is 0 Å². The van der Waals surface area contributed by atoms with Crippen molar-refractivity contribution >= 4 is 0 Å². The molecule has 124 valence electrons. The predicted molar refractivity (Wildman–Crippen MR) is 93.6 cm³/mol. The predicted octanol–water partition coefficient (Wildman–Crippen LogP) is 5.79. The van der Waals surface area contributed by atoms with Crippen LogP contribution in [0.4, 0.5) is 0 Å². The van der Waals surface area contributed by atoms with Gasteiger partial charge in [0, 0.05) is 6.04 Å². The summed E-state index contributed by atoms with van der Waals surface area (Å²) in [7, 11) is 0. The van der Waals surface area contributed by atoms with Crippen LogP contribution in [0.5, 0.6) is 0 Å². The Morgan fingerprint density at radius 3 is 2.48 bits per heavy atom. The highest BCUT2D eigenvalue weighted by Crippen LogP contribution is 2.45. The molecule has 0 amide bonds.